The Labute approximate surface area is 165 Å². The fourth-order valence-corrected chi connectivity index (χ4v) is 6.24. The van der Waals surface area contributed by atoms with Crippen LogP contribution in [-0.4, -0.2) is 17.9 Å². The van der Waals surface area contributed by atoms with Gasteiger partial charge in [-0.3, -0.25) is 4.79 Å². The predicted molar refractivity (Wildman–Crippen MR) is 109 cm³/mol. The van der Waals surface area contributed by atoms with Gasteiger partial charge >= 0.3 is 0 Å². The number of fused-ring (bicyclic) bond motifs is 1. The number of thiazole rings is 1. The first kappa shape index (κ1) is 18.5. The Morgan fingerprint density at radius 3 is 2.96 bits per heavy atom. The summed E-state index contributed by atoms with van der Waals surface area (Å²) in [7, 11) is 1.67. The maximum Gasteiger partial charge on any atom is 0.180 e. The number of nitrogen functional groups attached to an aromatic ring is 1. The summed E-state index contributed by atoms with van der Waals surface area (Å²) in [5, 5.41) is 0.898. The topological polar surface area (TPSA) is 65.2 Å². The lowest BCUT2D eigenvalue weighted by molar-refractivity contribution is 0.0834. The second-order valence-electron chi connectivity index (χ2n) is 8.16. The highest BCUT2D eigenvalue weighted by Gasteiger charge is 2.46. The van der Waals surface area contributed by atoms with Crippen molar-refractivity contribution in [1.82, 2.24) is 4.98 Å². The van der Waals surface area contributed by atoms with Crippen LogP contribution in [0, 0.1) is 23.7 Å². The summed E-state index contributed by atoms with van der Waals surface area (Å²) in [5.74, 6) is 3.34. The van der Waals surface area contributed by atoms with Crippen molar-refractivity contribution >= 4 is 22.9 Å². The van der Waals surface area contributed by atoms with Crippen LogP contribution >= 0.6 is 11.3 Å². The van der Waals surface area contributed by atoms with Crippen molar-refractivity contribution in [3.63, 3.8) is 0 Å². The largest absolute Gasteiger partial charge is 0.497 e. The van der Waals surface area contributed by atoms with Gasteiger partial charge in [0.1, 0.15) is 21.5 Å². The van der Waals surface area contributed by atoms with E-state index in [1.807, 2.05) is 24.3 Å². The maximum absolute atomic E-state index is 13.4. The molecule has 5 heteroatoms. The highest BCUT2D eigenvalue weighted by atomic mass is 32.1. The van der Waals surface area contributed by atoms with Crippen LogP contribution in [0.5, 0.6) is 5.75 Å². The molecule has 4 unspecified atom stereocenters. The number of carbonyl (C=O) groups excluding carboxylic acids is 1. The molecule has 0 saturated heterocycles. The summed E-state index contributed by atoms with van der Waals surface area (Å²) in [6.45, 7) is 2.25. The van der Waals surface area contributed by atoms with E-state index in [-0.39, 0.29) is 11.7 Å². The number of anilines is 1. The first-order valence-corrected chi connectivity index (χ1v) is 10.8. The molecule has 1 heterocycles. The van der Waals surface area contributed by atoms with E-state index in [1.54, 1.807) is 7.11 Å². The van der Waals surface area contributed by atoms with Gasteiger partial charge in [0.05, 0.1) is 7.11 Å². The van der Waals surface area contributed by atoms with Crippen LogP contribution in [0.15, 0.2) is 24.3 Å². The highest BCUT2D eigenvalue weighted by molar-refractivity contribution is 7.14. The summed E-state index contributed by atoms with van der Waals surface area (Å²) >= 11 is 1.48. The van der Waals surface area contributed by atoms with E-state index in [1.165, 1.54) is 43.4 Å². The third kappa shape index (κ3) is 3.62. The fraction of sp³-hybridized carbons (Fsp3) is 0.545. The Morgan fingerprint density at radius 2 is 2.15 bits per heavy atom. The lowest BCUT2D eigenvalue weighted by Crippen LogP contribution is -2.27. The Balaban J connectivity index is 1.54. The van der Waals surface area contributed by atoms with Crippen LogP contribution < -0.4 is 10.5 Å². The van der Waals surface area contributed by atoms with E-state index in [4.69, 9.17) is 10.5 Å². The number of carbonyl (C=O) groups is 1. The van der Waals surface area contributed by atoms with E-state index in [2.05, 4.69) is 11.9 Å². The number of rotatable bonds is 5. The van der Waals surface area contributed by atoms with Gasteiger partial charge in [0.2, 0.25) is 0 Å². The second-order valence-corrected chi connectivity index (χ2v) is 9.25. The summed E-state index contributed by atoms with van der Waals surface area (Å²) in [6, 6.07) is 7.95. The molecule has 2 aliphatic rings. The van der Waals surface area contributed by atoms with Gasteiger partial charge in [-0.05, 0) is 48.3 Å². The molecule has 4 atom stereocenters. The van der Waals surface area contributed by atoms with Gasteiger partial charge in [-0.2, -0.15) is 0 Å². The molecule has 27 heavy (non-hydrogen) atoms. The molecule has 2 N–H and O–H groups in total. The molecule has 0 spiro atoms. The van der Waals surface area contributed by atoms with E-state index in [0.717, 1.165) is 22.2 Å². The van der Waals surface area contributed by atoms with Gasteiger partial charge in [0.25, 0.3) is 0 Å². The monoisotopic (exact) mass is 384 g/mol. The SMILES string of the molecule is COc1cccc(Cc2nc(N)c(C(=O)C3C(C)CC4CCCCC43)s2)c1. The number of methoxy groups -OCH3 is 1. The molecule has 1 aromatic carbocycles. The molecular weight excluding hydrogens is 356 g/mol. The Bertz CT molecular complexity index is 831. The predicted octanol–water partition coefficient (Wildman–Crippen LogP) is 4.97. The minimum Gasteiger partial charge on any atom is -0.497 e. The van der Waals surface area contributed by atoms with Crippen molar-refractivity contribution in [3.8, 4) is 5.75 Å². The number of ether oxygens (including phenoxy) is 1. The van der Waals surface area contributed by atoms with Crippen LogP contribution in [0.1, 0.15) is 59.3 Å². The second kappa shape index (κ2) is 7.63. The minimum atomic E-state index is 0.128. The van der Waals surface area contributed by atoms with Crippen molar-refractivity contribution in [3.05, 3.63) is 39.7 Å². The lowest BCUT2D eigenvalue weighted by atomic mass is 9.76. The van der Waals surface area contributed by atoms with E-state index >= 15 is 0 Å². The first-order chi connectivity index (χ1) is 13.1. The maximum atomic E-state index is 13.4. The molecule has 4 nitrogen and oxygen atoms in total. The Morgan fingerprint density at radius 1 is 1.33 bits per heavy atom. The van der Waals surface area contributed by atoms with Crippen molar-refractivity contribution in [2.24, 2.45) is 23.7 Å². The molecule has 1 aromatic heterocycles. The molecule has 2 fully saturated rings. The number of Topliss-reactive ketones (excluding diaryl/α,β-unsaturated/α-hetero) is 1. The van der Waals surface area contributed by atoms with Crippen LogP contribution in [0.25, 0.3) is 0 Å². The van der Waals surface area contributed by atoms with Crippen LogP contribution in [0.4, 0.5) is 5.82 Å². The smallest absolute Gasteiger partial charge is 0.180 e. The standard InChI is InChI=1S/C22H28N2O2S/c1-13-10-15-7-3-4-9-17(15)19(13)20(25)21-22(23)24-18(27-21)12-14-6-5-8-16(11-14)26-2/h5-6,8,11,13,15,17,19H,3-4,7,9-10,12,23H2,1-2H3. The van der Waals surface area contributed by atoms with Gasteiger partial charge in [-0.1, -0.05) is 38.3 Å². The average molecular weight is 385 g/mol. The minimum absolute atomic E-state index is 0.128. The van der Waals surface area contributed by atoms with Crippen LogP contribution in [0.3, 0.4) is 0 Å². The van der Waals surface area contributed by atoms with Crippen molar-refractivity contribution in [1.29, 1.82) is 0 Å². The summed E-state index contributed by atoms with van der Waals surface area (Å²) in [4.78, 5) is 18.6. The highest BCUT2D eigenvalue weighted by Crippen LogP contribution is 2.50. The van der Waals surface area contributed by atoms with Gasteiger partial charge in [0.15, 0.2) is 5.78 Å². The van der Waals surface area contributed by atoms with Crippen LogP contribution in [0.2, 0.25) is 0 Å². The lowest BCUT2D eigenvalue weighted by Gasteiger charge is -2.28. The fourth-order valence-electron chi connectivity index (χ4n) is 5.24. The summed E-state index contributed by atoms with van der Waals surface area (Å²) in [5.41, 5.74) is 7.30. The molecule has 0 radical (unpaired) electrons. The van der Waals surface area contributed by atoms with Gasteiger partial charge in [-0.25, -0.2) is 4.98 Å². The van der Waals surface area contributed by atoms with Crippen LogP contribution in [-0.2, 0) is 6.42 Å². The zero-order valence-electron chi connectivity index (χ0n) is 16.1. The Kier molecular flexibility index (Phi) is 5.22. The number of ketones is 1. The van der Waals surface area contributed by atoms with Crippen molar-refractivity contribution in [2.45, 2.75) is 45.4 Å². The zero-order chi connectivity index (χ0) is 19.0. The molecule has 0 amide bonds. The van der Waals surface area contributed by atoms with E-state index < -0.39 is 0 Å². The summed E-state index contributed by atoms with van der Waals surface area (Å²) in [6.07, 6.45) is 6.93. The third-order valence-electron chi connectivity index (χ3n) is 6.43. The number of aromatic nitrogens is 1. The average Bonchev–Trinajstić information content (AvgIpc) is 3.20. The third-order valence-corrected chi connectivity index (χ3v) is 7.52. The molecule has 2 aromatic rings. The normalized spacial score (nSPS) is 27.3. The van der Waals surface area contributed by atoms with Gasteiger partial charge in [-0.15, -0.1) is 11.3 Å². The summed E-state index contributed by atoms with van der Waals surface area (Å²) < 4.78 is 5.29. The van der Waals surface area contributed by atoms with Gasteiger partial charge in [0, 0.05) is 12.3 Å². The molecule has 0 bridgehead atoms. The Hall–Kier alpha value is -1.88. The molecule has 4 rings (SSSR count). The molecule has 144 valence electrons. The first-order valence-electron chi connectivity index (χ1n) is 9.99. The van der Waals surface area contributed by atoms with Crippen molar-refractivity contribution < 1.29 is 9.53 Å². The molecule has 0 aliphatic heterocycles. The number of nitrogens with two attached hydrogens (primary N) is 1. The van der Waals surface area contributed by atoms with Crippen molar-refractivity contribution in [2.75, 3.05) is 12.8 Å². The van der Waals surface area contributed by atoms with Gasteiger partial charge < -0.3 is 10.5 Å². The number of nitrogens with zero attached hydrogens (tertiary/aromatic N) is 1. The van der Waals surface area contributed by atoms with E-state index in [0.29, 0.717) is 29.0 Å². The number of benzene rings is 1. The number of hydrogen-bond acceptors (Lipinski definition) is 5. The number of hydrogen-bond donors (Lipinski definition) is 1. The quantitative estimate of drug-likeness (QED) is 0.739. The zero-order valence-corrected chi connectivity index (χ0v) is 16.9. The van der Waals surface area contributed by atoms with E-state index in [9.17, 15) is 4.79 Å². The molecule has 2 saturated carbocycles. The molecular formula is C22H28N2O2S. The molecule has 2 aliphatic carbocycles.